The Morgan fingerprint density at radius 1 is 0.327 bits per heavy atom. The largest absolute Gasteiger partial charge is 0.228 e. The minimum Gasteiger partial charge on any atom is -0.228 e. The second-order valence-corrected chi connectivity index (χ2v) is 12.8. The summed E-state index contributed by atoms with van der Waals surface area (Å²) in [6, 6.07) is 55.7. The normalized spacial score (nSPS) is 11.3. The molecule has 3 aromatic heterocycles. The van der Waals surface area contributed by atoms with Crippen LogP contribution in [-0.4, -0.2) is 24.9 Å². The monoisotopic (exact) mass is 645 g/mol. The number of thiophene rings is 1. The van der Waals surface area contributed by atoms with Gasteiger partial charge in [0, 0.05) is 53.6 Å². The van der Waals surface area contributed by atoms with Crippen LogP contribution in [0.25, 0.3) is 88.2 Å². The molecule has 49 heavy (non-hydrogen) atoms. The molecule has 0 N–H and O–H groups in total. The van der Waals surface area contributed by atoms with E-state index in [0.29, 0.717) is 23.3 Å². The molecular weight excluding hydrogens is 619 g/mol. The zero-order valence-corrected chi connectivity index (χ0v) is 27.0. The fourth-order valence-electron chi connectivity index (χ4n) is 6.18. The van der Waals surface area contributed by atoms with Crippen LogP contribution < -0.4 is 0 Å². The van der Waals surface area contributed by atoms with Crippen LogP contribution in [0.2, 0.25) is 0 Å². The molecule has 230 valence electrons. The lowest BCUT2D eigenvalue weighted by Gasteiger charge is -2.13. The molecule has 0 atom stereocenters. The van der Waals surface area contributed by atoms with Crippen molar-refractivity contribution in [3.05, 3.63) is 164 Å². The van der Waals surface area contributed by atoms with Crippen LogP contribution in [0.1, 0.15) is 0 Å². The lowest BCUT2D eigenvalue weighted by atomic mass is 9.98. The van der Waals surface area contributed by atoms with Gasteiger partial charge in [-0.2, -0.15) is 0 Å². The van der Waals surface area contributed by atoms with E-state index in [4.69, 9.17) is 24.9 Å². The highest BCUT2D eigenvalue weighted by Crippen LogP contribution is 2.43. The van der Waals surface area contributed by atoms with Gasteiger partial charge in [0.15, 0.2) is 23.3 Å². The summed E-state index contributed by atoms with van der Waals surface area (Å²) >= 11 is 1.77. The molecule has 6 heteroatoms. The van der Waals surface area contributed by atoms with Crippen LogP contribution in [0.3, 0.4) is 0 Å². The zero-order chi connectivity index (χ0) is 32.6. The van der Waals surface area contributed by atoms with E-state index in [1.807, 2.05) is 97.1 Å². The summed E-state index contributed by atoms with van der Waals surface area (Å²) in [7, 11) is 0. The number of hydrogen-bond acceptors (Lipinski definition) is 6. The lowest BCUT2D eigenvalue weighted by Crippen LogP contribution is -2.00. The van der Waals surface area contributed by atoms with Crippen molar-refractivity contribution in [2.75, 3.05) is 0 Å². The van der Waals surface area contributed by atoms with Gasteiger partial charge in [0.25, 0.3) is 0 Å². The second kappa shape index (κ2) is 12.3. The molecule has 0 spiro atoms. The number of rotatable bonds is 6. The van der Waals surface area contributed by atoms with Crippen molar-refractivity contribution in [1.82, 2.24) is 24.9 Å². The van der Waals surface area contributed by atoms with Gasteiger partial charge < -0.3 is 0 Å². The Balaban J connectivity index is 1.33. The minimum absolute atomic E-state index is 0.605. The first-order valence-electron chi connectivity index (χ1n) is 16.1. The number of fused-ring (bicyclic) bond motifs is 3. The van der Waals surface area contributed by atoms with Crippen LogP contribution in [0.15, 0.2) is 164 Å². The fourth-order valence-corrected chi connectivity index (χ4v) is 7.35. The highest BCUT2D eigenvalue weighted by atomic mass is 32.1. The standard InChI is InChI=1S/C43H27N5S/c1-5-15-28(16-6-1)35-27-36(45-40(44-35)29-17-7-2-8-18-29)34-25-32(26-38-39(34)33-23-13-14-24-37(33)49-38)43-47-41(30-19-9-3-10-20-30)46-42(48-43)31-21-11-4-12-22-31/h1-27H. The third-order valence-corrected chi connectivity index (χ3v) is 9.66. The predicted octanol–water partition coefficient (Wildman–Crippen LogP) is 11.0. The number of aromatic nitrogens is 5. The first-order valence-corrected chi connectivity index (χ1v) is 16.9. The minimum atomic E-state index is 0.605. The zero-order valence-electron chi connectivity index (χ0n) is 26.2. The molecule has 0 saturated heterocycles. The number of benzene rings is 6. The molecule has 0 saturated carbocycles. The molecule has 0 fully saturated rings. The van der Waals surface area contributed by atoms with Gasteiger partial charge >= 0.3 is 0 Å². The van der Waals surface area contributed by atoms with E-state index in [9.17, 15) is 0 Å². The molecule has 0 radical (unpaired) electrons. The highest BCUT2D eigenvalue weighted by molar-refractivity contribution is 7.26. The van der Waals surface area contributed by atoms with Crippen molar-refractivity contribution in [2.45, 2.75) is 0 Å². The Hall–Kier alpha value is -6.37. The topological polar surface area (TPSA) is 64.5 Å². The van der Waals surface area contributed by atoms with Gasteiger partial charge in [-0.25, -0.2) is 24.9 Å². The molecule has 0 aliphatic carbocycles. The van der Waals surface area contributed by atoms with Crippen molar-refractivity contribution in [3.63, 3.8) is 0 Å². The molecule has 9 rings (SSSR count). The van der Waals surface area contributed by atoms with E-state index in [-0.39, 0.29) is 0 Å². The van der Waals surface area contributed by atoms with Crippen molar-refractivity contribution in [1.29, 1.82) is 0 Å². The SMILES string of the molecule is c1ccc(-c2cc(-c3cc(-c4nc(-c5ccccc5)nc(-c5ccccc5)n4)cc4sc5ccccc5c34)nc(-c3ccccc3)n2)cc1. The Kier molecular flexibility index (Phi) is 7.26. The summed E-state index contributed by atoms with van der Waals surface area (Å²) in [6.45, 7) is 0. The highest BCUT2D eigenvalue weighted by Gasteiger charge is 2.20. The summed E-state index contributed by atoms with van der Waals surface area (Å²) < 4.78 is 2.35. The first-order chi connectivity index (χ1) is 24.3. The molecule has 0 bridgehead atoms. The lowest BCUT2D eigenvalue weighted by molar-refractivity contribution is 1.07. The van der Waals surface area contributed by atoms with Crippen LogP contribution in [0.4, 0.5) is 0 Å². The molecule has 0 aliphatic rings. The van der Waals surface area contributed by atoms with E-state index in [0.717, 1.165) is 54.9 Å². The molecule has 6 aromatic carbocycles. The maximum atomic E-state index is 5.24. The van der Waals surface area contributed by atoms with Crippen LogP contribution in [0, 0.1) is 0 Å². The fraction of sp³-hybridized carbons (Fsp3) is 0. The quantitative estimate of drug-likeness (QED) is 0.180. The third kappa shape index (κ3) is 5.54. The summed E-state index contributed by atoms with van der Waals surface area (Å²) in [5.41, 5.74) is 7.45. The average Bonchev–Trinajstić information content (AvgIpc) is 3.57. The van der Waals surface area contributed by atoms with Gasteiger partial charge in [0.2, 0.25) is 0 Å². The van der Waals surface area contributed by atoms with Crippen LogP contribution in [0.5, 0.6) is 0 Å². The third-order valence-electron chi connectivity index (χ3n) is 8.54. The summed E-state index contributed by atoms with van der Waals surface area (Å²) in [5.74, 6) is 2.53. The van der Waals surface area contributed by atoms with E-state index in [1.165, 1.54) is 10.1 Å². The molecule has 0 unspecified atom stereocenters. The smallest absolute Gasteiger partial charge is 0.164 e. The van der Waals surface area contributed by atoms with Crippen LogP contribution >= 0.6 is 11.3 Å². The average molecular weight is 646 g/mol. The second-order valence-electron chi connectivity index (χ2n) is 11.7. The Morgan fingerprint density at radius 2 is 0.776 bits per heavy atom. The summed E-state index contributed by atoms with van der Waals surface area (Å²) in [5, 5.41) is 2.34. The Bertz CT molecular complexity index is 2470. The maximum absolute atomic E-state index is 5.24. The van der Waals surface area contributed by atoms with Crippen molar-refractivity contribution >= 4 is 31.5 Å². The Morgan fingerprint density at radius 3 is 1.35 bits per heavy atom. The molecule has 9 aromatic rings. The van der Waals surface area contributed by atoms with E-state index >= 15 is 0 Å². The predicted molar refractivity (Wildman–Crippen MR) is 201 cm³/mol. The van der Waals surface area contributed by atoms with Gasteiger partial charge in [-0.05, 0) is 24.3 Å². The van der Waals surface area contributed by atoms with Gasteiger partial charge in [-0.3, -0.25) is 0 Å². The number of nitrogens with zero attached hydrogens (tertiary/aromatic N) is 5. The maximum Gasteiger partial charge on any atom is 0.164 e. The summed E-state index contributed by atoms with van der Waals surface area (Å²) in [4.78, 5) is 25.4. The molecule has 5 nitrogen and oxygen atoms in total. The molecule has 3 heterocycles. The van der Waals surface area contributed by atoms with Crippen molar-refractivity contribution in [2.24, 2.45) is 0 Å². The van der Waals surface area contributed by atoms with Gasteiger partial charge in [0.1, 0.15) is 0 Å². The van der Waals surface area contributed by atoms with Gasteiger partial charge in [-0.15, -0.1) is 11.3 Å². The molecule has 0 amide bonds. The molecule has 0 aliphatic heterocycles. The van der Waals surface area contributed by atoms with Gasteiger partial charge in [-0.1, -0.05) is 140 Å². The van der Waals surface area contributed by atoms with E-state index < -0.39 is 0 Å². The van der Waals surface area contributed by atoms with Crippen LogP contribution in [-0.2, 0) is 0 Å². The van der Waals surface area contributed by atoms with E-state index in [2.05, 4.69) is 66.7 Å². The van der Waals surface area contributed by atoms with E-state index in [1.54, 1.807) is 11.3 Å². The first kappa shape index (κ1) is 28.8. The summed E-state index contributed by atoms with van der Waals surface area (Å²) in [6.07, 6.45) is 0. The van der Waals surface area contributed by atoms with Crippen molar-refractivity contribution in [3.8, 4) is 68.1 Å². The number of hydrogen-bond donors (Lipinski definition) is 0. The van der Waals surface area contributed by atoms with Gasteiger partial charge in [0.05, 0.1) is 11.4 Å². The molecular formula is C43H27N5S. The Labute approximate surface area is 287 Å². The van der Waals surface area contributed by atoms with Crippen molar-refractivity contribution < 1.29 is 0 Å².